The van der Waals surface area contributed by atoms with Crippen molar-refractivity contribution in [2.24, 2.45) is 5.92 Å². The van der Waals surface area contributed by atoms with E-state index < -0.39 is 0 Å². The highest BCUT2D eigenvalue weighted by molar-refractivity contribution is 7.19. The van der Waals surface area contributed by atoms with Gasteiger partial charge in [0.1, 0.15) is 16.5 Å². The van der Waals surface area contributed by atoms with Gasteiger partial charge in [0, 0.05) is 43.2 Å². The molecule has 2 amide bonds. The van der Waals surface area contributed by atoms with E-state index in [0.717, 1.165) is 72.4 Å². The Hall–Kier alpha value is -2.67. The summed E-state index contributed by atoms with van der Waals surface area (Å²) in [7, 11) is 0. The first-order valence-corrected chi connectivity index (χ1v) is 13.4. The van der Waals surface area contributed by atoms with E-state index in [1.165, 1.54) is 27.8 Å². The van der Waals surface area contributed by atoms with Crippen LogP contribution in [0.15, 0.2) is 18.2 Å². The maximum absolute atomic E-state index is 13.0. The maximum Gasteiger partial charge on any atom is 0.321 e. The van der Waals surface area contributed by atoms with Gasteiger partial charge in [-0.05, 0) is 68.2 Å². The highest BCUT2D eigenvalue weighted by Crippen LogP contribution is 2.41. The van der Waals surface area contributed by atoms with Gasteiger partial charge in [0.05, 0.1) is 5.39 Å². The highest BCUT2D eigenvalue weighted by atomic mass is 32.1. The summed E-state index contributed by atoms with van der Waals surface area (Å²) in [5.74, 6) is 2.79. The number of benzene rings is 1. The first kappa shape index (κ1) is 23.1. The quantitative estimate of drug-likeness (QED) is 0.521. The number of aromatic nitrogens is 2. The number of rotatable bonds is 4. The molecule has 2 aromatic heterocycles. The number of carbonyl (C=O) groups excluding carboxylic acids is 1. The highest BCUT2D eigenvalue weighted by Gasteiger charge is 2.28. The molecule has 2 aliphatic rings. The molecule has 1 N–H and O–H groups in total. The predicted octanol–water partition coefficient (Wildman–Crippen LogP) is 5.74. The number of nitrogens with zero attached hydrogens (tertiary/aromatic N) is 4. The minimum absolute atomic E-state index is 0.0187. The molecule has 3 aromatic rings. The van der Waals surface area contributed by atoms with E-state index in [1.54, 1.807) is 0 Å². The van der Waals surface area contributed by atoms with Gasteiger partial charge in [-0.15, -0.1) is 11.3 Å². The van der Waals surface area contributed by atoms with Crippen LogP contribution in [0, 0.1) is 19.8 Å². The van der Waals surface area contributed by atoms with E-state index in [0.29, 0.717) is 13.1 Å². The fourth-order valence-electron chi connectivity index (χ4n) is 5.13. The topological polar surface area (TPSA) is 61.4 Å². The lowest BCUT2D eigenvalue weighted by Crippen LogP contribution is -2.50. The van der Waals surface area contributed by atoms with Crippen LogP contribution in [0.3, 0.4) is 0 Å². The number of hydrogen-bond acceptors (Lipinski definition) is 5. The number of thiophene rings is 1. The molecule has 7 heteroatoms. The molecule has 34 heavy (non-hydrogen) atoms. The van der Waals surface area contributed by atoms with Crippen LogP contribution in [0.5, 0.6) is 0 Å². The van der Waals surface area contributed by atoms with Crippen molar-refractivity contribution in [3.8, 4) is 0 Å². The lowest BCUT2D eigenvalue weighted by Gasteiger charge is -2.36. The van der Waals surface area contributed by atoms with Gasteiger partial charge in [-0.25, -0.2) is 14.8 Å². The van der Waals surface area contributed by atoms with Crippen LogP contribution in [0.25, 0.3) is 10.2 Å². The number of urea groups is 1. The van der Waals surface area contributed by atoms with E-state index in [9.17, 15) is 4.79 Å². The van der Waals surface area contributed by atoms with Crippen LogP contribution in [-0.2, 0) is 19.3 Å². The molecule has 1 aliphatic carbocycles. The molecular formula is C27H35N5OS. The Morgan fingerprint density at radius 1 is 1.18 bits per heavy atom. The summed E-state index contributed by atoms with van der Waals surface area (Å²) in [4.78, 5) is 30.0. The zero-order chi connectivity index (χ0) is 23.8. The Labute approximate surface area is 206 Å². The Balaban J connectivity index is 1.37. The van der Waals surface area contributed by atoms with E-state index in [4.69, 9.17) is 9.97 Å². The molecule has 5 rings (SSSR count). The monoisotopic (exact) mass is 477 g/mol. The van der Waals surface area contributed by atoms with E-state index in [2.05, 4.69) is 44.0 Å². The Morgan fingerprint density at radius 2 is 1.97 bits per heavy atom. The average Bonchev–Trinajstić information content (AvgIpc) is 3.19. The van der Waals surface area contributed by atoms with Crippen molar-refractivity contribution in [3.63, 3.8) is 0 Å². The van der Waals surface area contributed by atoms with Crippen LogP contribution >= 0.6 is 11.3 Å². The molecule has 6 nitrogen and oxygen atoms in total. The molecular weight excluding hydrogens is 442 g/mol. The van der Waals surface area contributed by atoms with Crippen LogP contribution in [-0.4, -0.2) is 47.1 Å². The second-order valence-electron chi connectivity index (χ2n) is 9.90. The first-order valence-electron chi connectivity index (χ1n) is 12.6. The van der Waals surface area contributed by atoms with Crippen LogP contribution < -0.4 is 10.2 Å². The molecule has 180 valence electrons. The van der Waals surface area contributed by atoms with Crippen molar-refractivity contribution in [1.29, 1.82) is 0 Å². The molecule has 1 atom stereocenters. The van der Waals surface area contributed by atoms with E-state index in [1.807, 2.05) is 28.4 Å². The summed E-state index contributed by atoms with van der Waals surface area (Å²) in [5.41, 5.74) is 4.68. The summed E-state index contributed by atoms with van der Waals surface area (Å²) in [6.45, 7) is 11.6. The number of carbonyl (C=O) groups is 1. The molecule has 0 radical (unpaired) electrons. The van der Waals surface area contributed by atoms with Crippen LogP contribution in [0.4, 0.5) is 16.3 Å². The number of nitrogens with one attached hydrogen (secondary N) is 1. The lowest BCUT2D eigenvalue weighted by atomic mass is 9.89. The minimum atomic E-state index is -0.0187. The Bertz CT molecular complexity index is 1210. The molecule has 0 saturated carbocycles. The smallest absolute Gasteiger partial charge is 0.321 e. The van der Waals surface area contributed by atoms with Gasteiger partial charge in [-0.2, -0.15) is 0 Å². The Morgan fingerprint density at radius 3 is 2.74 bits per heavy atom. The number of hydrogen-bond donors (Lipinski definition) is 1. The molecule has 1 unspecified atom stereocenters. The van der Waals surface area contributed by atoms with Gasteiger partial charge in [-0.1, -0.05) is 26.0 Å². The molecule has 0 spiro atoms. The largest absolute Gasteiger partial charge is 0.352 e. The number of fused-ring (bicyclic) bond motifs is 3. The molecule has 1 aromatic carbocycles. The third kappa shape index (κ3) is 4.38. The first-order chi connectivity index (χ1) is 16.4. The molecule has 1 aliphatic heterocycles. The summed E-state index contributed by atoms with van der Waals surface area (Å²) in [6, 6.07) is 6.02. The second kappa shape index (κ2) is 9.53. The van der Waals surface area contributed by atoms with Gasteiger partial charge >= 0.3 is 6.03 Å². The Kier molecular flexibility index (Phi) is 6.47. The fraction of sp³-hybridized carbons (Fsp3) is 0.519. The standard InChI is InChI=1S/C27H35N5OS/c1-5-7-23-29-25(24-20-11-10-17(2)16-22(20)34-26(24)30-23)31-12-14-32(15-13-31)27(33)28-21-9-6-8-18(3)19(21)4/h6,8-9,17H,5,7,10-16H2,1-4H3,(H,28,33). The minimum Gasteiger partial charge on any atom is -0.352 e. The van der Waals surface area contributed by atoms with Gasteiger partial charge < -0.3 is 15.1 Å². The van der Waals surface area contributed by atoms with E-state index in [-0.39, 0.29) is 6.03 Å². The van der Waals surface area contributed by atoms with Crippen molar-refractivity contribution < 1.29 is 4.79 Å². The summed E-state index contributed by atoms with van der Waals surface area (Å²) < 4.78 is 0. The number of amides is 2. The third-order valence-electron chi connectivity index (χ3n) is 7.37. The van der Waals surface area contributed by atoms with Crippen molar-refractivity contribution >= 4 is 39.1 Å². The summed E-state index contributed by atoms with van der Waals surface area (Å²) >= 11 is 1.88. The average molecular weight is 478 g/mol. The number of piperazine rings is 1. The molecule has 1 fully saturated rings. The van der Waals surface area contributed by atoms with Gasteiger partial charge in [0.25, 0.3) is 0 Å². The van der Waals surface area contributed by atoms with Crippen molar-refractivity contribution in [2.75, 3.05) is 36.4 Å². The van der Waals surface area contributed by atoms with Gasteiger partial charge in [-0.3, -0.25) is 0 Å². The SMILES string of the molecule is CCCc1nc(N2CCN(C(=O)Nc3cccc(C)c3C)CC2)c2c3c(sc2n1)CC(C)CC3. The lowest BCUT2D eigenvalue weighted by molar-refractivity contribution is 0.208. The van der Waals surface area contributed by atoms with Gasteiger partial charge in [0.15, 0.2) is 0 Å². The maximum atomic E-state index is 13.0. The van der Waals surface area contributed by atoms with Crippen molar-refractivity contribution in [1.82, 2.24) is 14.9 Å². The fourth-order valence-corrected chi connectivity index (χ4v) is 6.53. The molecule has 1 saturated heterocycles. The number of aryl methyl sites for hydroxylation is 3. The molecule has 0 bridgehead atoms. The van der Waals surface area contributed by atoms with Crippen LogP contribution in [0.2, 0.25) is 0 Å². The summed E-state index contributed by atoms with van der Waals surface area (Å²) in [6.07, 6.45) is 5.46. The van der Waals surface area contributed by atoms with Crippen LogP contribution in [0.1, 0.15) is 54.1 Å². The predicted molar refractivity (Wildman–Crippen MR) is 141 cm³/mol. The van der Waals surface area contributed by atoms with Crippen molar-refractivity contribution in [2.45, 2.75) is 59.8 Å². The number of anilines is 2. The normalized spacial score (nSPS) is 18.3. The van der Waals surface area contributed by atoms with Gasteiger partial charge in [0.2, 0.25) is 0 Å². The summed E-state index contributed by atoms with van der Waals surface area (Å²) in [5, 5.41) is 4.39. The van der Waals surface area contributed by atoms with E-state index >= 15 is 0 Å². The molecule has 3 heterocycles. The van der Waals surface area contributed by atoms with Crippen molar-refractivity contribution in [3.05, 3.63) is 45.6 Å². The zero-order valence-corrected chi connectivity index (χ0v) is 21.6. The second-order valence-corrected chi connectivity index (χ2v) is 11.0. The zero-order valence-electron chi connectivity index (χ0n) is 20.8. The third-order valence-corrected chi connectivity index (χ3v) is 8.52.